The van der Waals surface area contributed by atoms with Crippen molar-refractivity contribution in [3.05, 3.63) is 88.5 Å². The maximum Gasteiger partial charge on any atom is 0.330 e. The van der Waals surface area contributed by atoms with Crippen LogP contribution in [0.4, 0.5) is 0 Å². The summed E-state index contributed by atoms with van der Waals surface area (Å²) in [6, 6.07) is 18.1. The Hall–Kier alpha value is -1.73. The number of benzene rings is 2. The van der Waals surface area contributed by atoms with Gasteiger partial charge in [-0.05, 0) is 53.9 Å². The fourth-order valence-electron chi connectivity index (χ4n) is 4.13. The van der Waals surface area contributed by atoms with Gasteiger partial charge in [-0.2, -0.15) is 0 Å². The average molecular weight is 579 g/mol. The number of hydrogen-bond acceptors (Lipinski definition) is 3. The zero-order valence-corrected chi connectivity index (χ0v) is 21.7. The van der Waals surface area contributed by atoms with Crippen LogP contribution in [0.3, 0.4) is 0 Å². The molecule has 0 aliphatic heterocycles. The number of esters is 1. The maximum atomic E-state index is 13.8. The number of carbonyl (C=O) groups excluding carboxylic acids is 1. The van der Waals surface area contributed by atoms with Crippen molar-refractivity contribution in [1.82, 2.24) is 4.67 Å². The van der Waals surface area contributed by atoms with E-state index in [1.54, 1.807) is 28.9 Å². The smallest absolute Gasteiger partial charge is 0.330 e. The van der Waals surface area contributed by atoms with Crippen molar-refractivity contribution >= 4 is 41.4 Å². The number of halogens is 1. The number of hydrogen-bond donors (Lipinski definition) is 1. The number of ether oxygens (including phenoxy) is 1. The first-order valence-corrected chi connectivity index (χ1v) is 14.2. The van der Waals surface area contributed by atoms with Crippen molar-refractivity contribution in [2.75, 3.05) is 0 Å². The summed E-state index contributed by atoms with van der Waals surface area (Å²) in [4.78, 5) is 23.9. The highest BCUT2D eigenvalue weighted by molar-refractivity contribution is 14.1. The molecule has 0 spiro atoms. The molecule has 176 valence electrons. The molecule has 3 atom stereocenters. The molecule has 0 aromatic heterocycles. The molecular formula is C26H31INO4P. The second-order valence-corrected chi connectivity index (χ2v) is 11.0. The second-order valence-electron chi connectivity index (χ2n) is 8.13. The van der Waals surface area contributed by atoms with E-state index in [2.05, 4.69) is 22.6 Å². The topological polar surface area (TPSA) is 66.8 Å². The third-order valence-corrected chi connectivity index (χ3v) is 8.40. The lowest BCUT2D eigenvalue weighted by Crippen LogP contribution is -2.46. The predicted octanol–water partition coefficient (Wildman–Crippen LogP) is 6.14. The van der Waals surface area contributed by atoms with Gasteiger partial charge in [0, 0.05) is 12.6 Å². The molecule has 1 unspecified atom stereocenters. The van der Waals surface area contributed by atoms with E-state index in [1.807, 2.05) is 52.6 Å². The van der Waals surface area contributed by atoms with Gasteiger partial charge in [0.2, 0.25) is 0 Å². The lowest BCUT2D eigenvalue weighted by Gasteiger charge is -2.41. The van der Waals surface area contributed by atoms with Crippen LogP contribution in [0.25, 0.3) is 0 Å². The number of allylic oxidation sites excluding steroid dienone is 2. The summed E-state index contributed by atoms with van der Waals surface area (Å²) < 4.78 is 23.3. The summed E-state index contributed by atoms with van der Waals surface area (Å²) in [5, 5.41) is 0.389. The Kier molecular flexibility index (Phi) is 10.4. The monoisotopic (exact) mass is 579 g/mol. The number of nitrogens with zero attached hydrogens (tertiary/aromatic N) is 1. The van der Waals surface area contributed by atoms with Crippen molar-refractivity contribution < 1.29 is 19.0 Å². The fraction of sp³-hybridized carbons (Fsp3) is 0.346. The van der Waals surface area contributed by atoms with E-state index in [4.69, 9.17) is 4.74 Å². The van der Waals surface area contributed by atoms with Crippen LogP contribution < -0.4 is 5.30 Å². The Balaban J connectivity index is 1.83. The fourth-order valence-corrected chi connectivity index (χ4v) is 6.37. The van der Waals surface area contributed by atoms with Gasteiger partial charge in [0.25, 0.3) is 7.52 Å². The molecule has 1 aliphatic carbocycles. The summed E-state index contributed by atoms with van der Waals surface area (Å²) in [7, 11) is -3.89. The molecule has 1 fully saturated rings. The van der Waals surface area contributed by atoms with E-state index in [-0.39, 0.29) is 6.04 Å². The highest BCUT2D eigenvalue weighted by Crippen LogP contribution is 2.49. The first-order chi connectivity index (χ1) is 16.0. The predicted molar refractivity (Wildman–Crippen MR) is 142 cm³/mol. The van der Waals surface area contributed by atoms with Crippen LogP contribution in [0.1, 0.15) is 44.1 Å². The molecule has 3 rings (SSSR count). The molecule has 1 saturated carbocycles. The van der Waals surface area contributed by atoms with E-state index in [9.17, 15) is 14.3 Å². The summed E-state index contributed by atoms with van der Waals surface area (Å²) in [6.45, 7) is 0.306. The van der Waals surface area contributed by atoms with Crippen LogP contribution in [0.15, 0.2) is 83.0 Å². The van der Waals surface area contributed by atoms with Crippen LogP contribution in [-0.4, -0.2) is 27.7 Å². The van der Waals surface area contributed by atoms with Crippen molar-refractivity contribution in [1.29, 1.82) is 0 Å². The minimum atomic E-state index is -3.89. The van der Waals surface area contributed by atoms with Gasteiger partial charge in [-0.25, -0.2) is 9.46 Å². The molecule has 0 saturated heterocycles. The standard InChI is InChI=1S/C26H31INO4P/c27-20-12-2-1-9-19-26(29)32-25-18-11-10-17-24(25)28(21-22-13-5-3-6-14-22)33(30,31)23-15-7-4-8-16-23/h3-9,12-16,19-20,24-25H,1-2,10-11,17-18,21H2,(H,30,31)/b19-9+,20-12+/t24-,25-/m0/s1. The highest BCUT2D eigenvalue weighted by atomic mass is 127. The third kappa shape index (κ3) is 7.64. The van der Waals surface area contributed by atoms with Gasteiger partial charge < -0.3 is 9.63 Å². The molecule has 0 heterocycles. The van der Waals surface area contributed by atoms with Crippen LogP contribution >= 0.6 is 30.1 Å². The molecule has 33 heavy (non-hydrogen) atoms. The number of carbonyl (C=O) groups is 1. The third-order valence-electron chi connectivity index (χ3n) is 5.79. The van der Waals surface area contributed by atoms with Gasteiger partial charge in [0.05, 0.1) is 11.3 Å². The zero-order valence-electron chi connectivity index (χ0n) is 18.6. The van der Waals surface area contributed by atoms with Gasteiger partial charge in [0.15, 0.2) is 0 Å². The SMILES string of the molecule is O=C(/C=C/CC/C=C/I)O[C@H]1CCCC[C@@H]1N(Cc1ccccc1)P(=O)(O)c1ccccc1. The molecule has 0 bridgehead atoms. The van der Waals surface area contributed by atoms with E-state index in [0.717, 1.165) is 31.2 Å². The van der Waals surface area contributed by atoms with Gasteiger partial charge in [-0.15, -0.1) is 0 Å². The van der Waals surface area contributed by atoms with E-state index < -0.39 is 19.6 Å². The maximum absolute atomic E-state index is 13.8. The quantitative estimate of drug-likeness (QED) is 0.121. The molecular weight excluding hydrogens is 548 g/mol. The van der Waals surface area contributed by atoms with Gasteiger partial charge in [0.1, 0.15) is 6.10 Å². The summed E-state index contributed by atoms with van der Waals surface area (Å²) >= 11 is 2.17. The van der Waals surface area contributed by atoms with Gasteiger partial charge >= 0.3 is 5.97 Å². The molecule has 0 amide bonds. The Morgan fingerprint density at radius 3 is 2.36 bits per heavy atom. The largest absolute Gasteiger partial charge is 0.458 e. The first-order valence-electron chi connectivity index (χ1n) is 11.3. The minimum Gasteiger partial charge on any atom is -0.458 e. The Labute approximate surface area is 210 Å². The van der Waals surface area contributed by atoms with E-state index in [1.165, 1.54) is 6.08 Å². The van der Waals surface area contributed by atoms with Crippen LogP contribution in [0, 0.1) is 0 Å². The van der Waals surface area contributed by atoms with Crippen molar-refractivity contribution in [3.63, 3.8) is 0 Å². The number of unbranched alkanes of at least 4 members (excludes halogenated alkanes) is 1. The van der Waals surface area contributed by atoms with Crippen LogP contribution in [-0.2, 0) is 20.6 Å². The summed E-state index contributed by atoms with van der Waals surface area (Å²) in [6.07, 6.45) is 9.78. The lowest BCUT2D eigenvalue weighted by atomic mass is 9.92. The van der Waals surface area contributed by atoms with Crippen molar-refractivity contribution in [3.8, 4) is 0 Å². The molecule has 1 N–H and O–H groups in total. The molecule has 7 heteroatoms. The van der Waals surface area contributed by atoms with Crippen LogP contribution in [0.5, 0.6) is 0 Å². The van der Waals surface area contributed by atoms with Crippen molar-refractivity contribution in [2.24, 2.45) is 0 Å². The average Bonchev–Trinajstić information content (AvgIpc) is 2.84. The van der Waals surface area contributed by atoms with E-state index in [0.29, 0.717) is 24.7 Å². The molecule has 2 aromatic carbocycles. The van der Waals surface area contributed by atoms with Gasteiger partial charge in [-0.3, -0.25) is 4.57 Å². The molecule has 5 nitrogen and oxygen atoms in total. The summed E-state index contributed by atoms with van der Waals surface area (Å²) in [5.41, 5.74) is 0.946. The first kappa shape index (κ1) is 25.9. The molecule has 0 radical (unpaired) electrons. The Bertz CT molecular complexity index is 980. The van der Waals surface area contributed by atoms with Gasteiger partial charge in [-0.1, -0.05) is 89.7 Å². The summed E-state index contributed by atoms with van der Waals surface area (Å²) in [5.74, 6) is -0.391. The number of rotatable bonds is 10. The second kappa shape index (κ2) is 13.2. The Morgan fingerprint density at radius 2 is 1.67 bits per heavy atom. The van der Waals surface area contributed by atoms with E-state index >= 15 is 0 Å². The normalized spacial score (nSPS) is 20.8. The van der Waals surface area contributed by atoms with Crippen molar-refractivity contribution in [2.45, 2.75) is 57.2 Å². The zero-order chi connectivity index (χ0) is 23.5. The molecule has 1 aliphatic rings. The highest BCUT2D eigenvalue weighted by Gasteiger charge is 2.41. The Morgan fingerprint density at radius 1 is 1.03 bits per heavy atom. The lowest BCUT2D eigenvalue weighted by molar-refractivity contribution is -0.147. The minimum absolute atomic E-state index is 0.306. The molecule has 2 aromatic rings. The van der Waals surface area contributed by atoms with Crippen LogP contribution in [0.2, 0.25) is 0 Å².